The summed E-state index contributed by atoms with van der Waals surface area (Å²) in [6, 6.07) is 18.6. The Hall–Kier alpha value is -2.76. The van der Waals surface area contributed by atoms with Crippen molar-refractivity contribution in [2.24, 2.45) is 11.5 Å². The van der Waals surface area contributed by atoms with E-state index in [-0.39, 0.29) is 10.6 Å². The third-order valence-corrected chi connectivity index (χ3v) is 4.01. The molecule has 1 aliphatic rings. The van der Waals surface area contributed by atoms with Gasteiger partial charge in [-0.15, -0.1) is 0 Å². The molecule has 1 atom stereocenters. The van der Waals surface area contributed by atoms with Gasteiger partial charge in [0.1, 0.15) is 0 Å². The van der Waals surface area contributed by atoms with Crippen LogP contribution in [0.4, 0.5) is 0 Å². The summed E-state index contributed by atoms with van der Waals surface area (Å²) >= 11 is 0. The predicted molar refractivity (Wildman–Crippen MR) is 89.8 cm³/mol. The van der Waals surface area contributed by atoms with Gasteiger partial charge in [-0.2, -0.15) is 0 Å². The second-order valence-corrected chi connectivity index (χ2v) is 5.60. The van der Waals surface area contributed by atoms with Gasteiger partial charge in [0.15, 0.2) is 0 Å². The number of rotatable bonds is 3. The summed E-state index contributed by atoms with van der Waals surface area (Å²) in [7, 11) is 0. The number of nitrogens with two attached hydrogens (primary N) is 2. The van der Waals surface area contributed by atoms with Crippen LogP contribution in [0.25, 0.3) is 5.57 Å². The van der Waals surface area contributed by atoms with Crippen LogP contribution in [0.5, 0.6) is 0 Å². The van der Waals surface area contributed by atoms with Crippen LogP contribution in [-0.2, 0) is 0 Å². The lowest BCUT2D eigenvalue weighted by Crippen LogP contribution is -2.54. The van der Waals surface area contributed by atoms with Gasteiger partial charge >= 0.3 is 0 Å². The summed E-state index contributed by atoms with van der Waals surface area (Å²) in [4.78, 5) is 11.2. The average Bonchev–Trinajstić information content (AvgIpc) is 2.55. The highest BCUT2D eigenvalue weighted by Gasteiger charge is 2.41. The Balaban J connectivity index is 2.28. The zero-order valence-corrected chi connectivity index (χ0v) is 12.4. The minimum Gasteiger partial charge on any atom is -0.309 e. The fourth-order valence-electron chi connectivity index (χ4n) is 3.00. The van der Waals surface area contributed by atoms with E-state index in [0.29, 0.717) is 5.57 Å². The molecule has 1 aliphatic carbocycles. The van der Waals surface area contributed by atoms with E-state index in [4.69, 9.17) is 11.5 Å². The van der Waals surface area contributed by atoms with Crippen LogP contribution < -0.4 is 11.5 Å². The number of allylic oxidation sites excluding steroid dienone is 1. The van der Waals surface area contributed by atoms with E-state index in [2.05, 4.69) is 0 Å². The third kappa shape index (κ3) is 2.79. The van der Waals surface area contributed by atoms with Gasteiger partial charge in [0, 0.05) is 11.6 Å². The lowest BCUT2D eigenvalue weighted by Gasteiger charge is -2.35. The fraction of sp³-hybridized carbons (Fsp3) is 0.111. The SMILES string of the molecule is NC1(N)C=CC([N+](=O)[O-])=C(c2ccccc2)C1c1ccccc1. The van der Waals surface area contributed by atoms with Crippen molar-refractivity contribution in [3.63, 3.8) is 0 Å². The molecule has 0 bridgehead atoms. The fourth-order valence-corrected chi connectivity index (χ4v) is 3.00. The smallest absolute Gasteiger partial charge is 0.273 e. The monoisotopic (exact) mass is 307 g/mol. The van der Waals surface area contributed by atoms with Crippen molar-refractivity contribution in [3.05, 3.63) is 99.8 Å². The maximum atomic E-state index is 11.5. The van der Waals surface area contributed by atoms with Crippen molar-refractivity contribution in [2.45, 2.75) is 11.6 Å². The van der Waals surface area contributed by atoms with Gasteiger partial charge in [-0.25, -0.2) is 0 Å². The van der Waals surface area contributed by atoms with Crippen molar-refractivity contribution in [2.75, 3.05) is 0 Å². The Bertz CT molecular complexity index is 780. The molecule has 2 aromatic carbocycles. The molecule has 3 rings (SSSR count). The largest absolute Gasteiger partial charge is 0.309 e. The average molecular weight is 307 g/mol. The molecule has 0 aromatic heterocycles. The van der Waals surface area contributed by atoms with Crippen LogP contribution in [0.15, 0.2) is 78.5 Å². The lowest BCUT2D eigenvalue weighted by atomic mass is 9.74. The van der Waals surface area contributed by atoms with Crippen molar-refractivity contribution >= 4 is 5.57 Å². The number of benzene rings is 2. The number of hydrogen-bond acceptors (Lipinski definition) is 4. The van der Waals surface area contributed by atoms with Gasteiger partial charge in [0.25, 0.3) is 5.70 Å². The number of nitrogens with zero attached hydrogens (tertiary/aromatic N) is 1. The maximum Gasteiger partial charge on any atom is 0.273 e. The van der Waals surface area contributed by atoms with E-state index < -0.39 is 11.6 Å². The van der Waals surface area contributed by atoms with Crippen molar-refractivity contribution in [3.8, 4) is 0 Å². The maximum absolute atomic E-state index is 11.5. The zero-order chi connectivity index (χ0) is 16.4. The van der Waals surface area contributed by atoms with E-state index in [1.807, 2.05) is 60.7 Å². The summed E-state index contributed by atoms with van der Waals surface area (Å²) in [5.74, 6) is -0.503. The van der Waals surface area contributed by atoms with Crippen LogP contribution in [-0.4, -0.2) is 10.6 Å². The molecule has 0 radical (unpaired) electrons. The van der Waals surface area contributed by atoms with E-state index in [1.165, 1.54) is 12.2 Å². The second kappa shape index (κ2) is 5.79. The minimum atomic E-state index is -1.20. The predicted octanol–water partition coefficient (Wildman–Crippen LogP) is 2.64. The van der Waals surface area contributed by atoms with Crippen LogP contribution >= 0.6 is 0 Å². The molecule has 23 heavy (non-hydrogen) atoms. The van der Waals surface area contributed by atoms with Crippen molar-refractivity contribution in [1.29, 1.82) is 0 Å². The van der Waals surface area contributed by atoms with Gasteiger partial charge in [0.05, 0.1) is 16.5 Å². The first-order valence-corrected chi connectivity index (χ1v) is 7.26. The molecular formula is C18H17N3O2. The highest BCUT2D eigenvalue weighted by Crippen LogP contribution is 2.42. The number of hydrogen-bond donors (Lipinski definition) is 2. The molecule has 0 saturated carbocycles. The molecule has 0 saturated heterocycles. The zero-order valence-electron chi connectivity index (χ0n) is 12.4. The molecule has 0 aliphatic heterocycles. The highest BCUT2D eigenvalue weighted by atomic mass is 16.6. The lowest BCUT2D eigenvalue weighted by molar-refractivity contribution is -0.418. The summed E-state index contributed by atoms with van der Waals surface area (Å²) in [6.07, 6.45) is 2.91. The molecule has 0 spiro atoms. The quantitative estimate of drug-likeness (QED) is 0.517. The van der Waals surface area contributed by atoms with Gasteiger partial charge < -0.3 is 11.5 Å². The van der Waals surface area contributed by atoms with E-state index >= 15 is 0 Å². The molecule has 5 nitrogen and oxygen atoms in total. The summed E-state index contributed by atoms with van der Waals surface area (Å²) < 4.78 is 0. The Kier molecular flexibility index (Phi) is 3.82. The first-order chi connectivity index (χ1) is 11.0. The first kappa shape index (κ1) is 15.1. The van der Waals surface area contributed by atoms with Gasteiger partial charge in [-0.1, -0.05) is 60.7 Å². The Labute approximate surface area is 134 Å². The highest BCUT2D eigenvalue weighted by molar-refractivity contribution is 5.78. The van der Waals surface area contributed by atoms with Crippen LogP contribution in [0, 0.1) is 10.1 Å². The molecule has 116 valence electrons. The van der Waals surface area contributed by atoms with Gasteiger partial charge in [-0.05, 0) is 17.2 Å². The number of nitro groups is 1. The topological polar surface area (TPSA) is 95.2 Å². The Morgan fingerprint density at radius 3 is 2.09 bits per heavy atom. The van der Waals surface area contributed by atoms with Crippen LogP contribution in [0.3, 0.4) is 0 Å². The van der Waals surface area contributed by atoms with E-state index in [0.717, 1.165) is 11.1 Å². The molecule has 0 fully saturated rings. The van der Waals surface area contributed by atoms with Crippen molar-refractivity contribution < 1.29 is 4.92 Å². The normalized spacial score (nSPS) is 19.7. The van der Waals surface area contributed by atoms with E-state index in [9.17, 15) is 10.1 Å². The summed E-state index contributed by atoms with van der Waals surface area (Å²) in [6.45, 7) is 0. The standard InChI is InChI=1S/C18H17N3O2/c19-18(20)12-11-15(21(22)23)16(13-7-3-1-4-8-13)17(18)14-9-5-2-6-10-14/h1-12,17H,19-20H2. The van der Waals surface area contributed by atoms with Crippen molar-refractivity contribution in [1.82, 2.24) is 0 Å². The first-order valence-electron chi connectivity index (χ1n) is 7.26. The summed E-state index contributed by atoms with van der Waals surface area (Å²) in [5, 5.41) is 11.5. The van der Waals surface area contributed by atoms with Crippen LogP contribution in [0.1, 0.15) is 17.0 Å². The van der Waals surface area contributed by atoms with Gasteiger partial charge in [0.2, 0.25) is 0 Å². The molecule has 4 N–H and O–H groups in total. The van der Waals surface area contributed by atoms with E-state index in [1.54, 1.807) is 0 Å². The molecule has 0 heterocycles. The molecular weight excluding hydrogens is 290 g/mol. The second-order valence-electron chi connectivity index (χ2n) is 5.60. The van der Waals surface area contributed by atoms with Crippen LogP contribution in [0.2, 0.25) is 0 Å². The third-order valence-electron chi connectivity index (χ3n) is 4.01. The Morgan fingerprint density at radius 1 is 0.957 bits per heavy atom. The molecule has 1 unspecified atom stereocenters. The minimum absolute atomic E-state index is 0.0246. The van der Waals surface area contributed by atoms with Gasteiger partial charge in [-0.3, -0.25) is 10.1 Å². The molecule has 0 amide bonds. The summed E-state index contributed by atoms with van der Waals surface area (Å²) in [5.41, 5.74) is 13.5. The molecule has 5 heteroatoms. The Morgan fingerprint density at radius 2 is 1.52 bits per heavy atom. The molecule has 2 aromatic rings.